The minimum atomic E-state index is -4.44. The summed E-state index contributed by atoms with van der Waals surface area (Å²) in [5.74, 6) is -2.42. The van der Waals surface area contributed by atoms with E-state index in [0.29, 0.717) is 10.5 Å². The molecule has 0 spiro atoms. The van der Waals surface area contributed by atoms with Crippen LogP contribution in [0.5, 0.6) is 0 Å². The molecule has 156 valence electrons. The molecule has 0 bridgehead atoms. The van der Waals surface area contributed by atoms with Gasteiger partial charge in [-0.2, -0.15) is 13.2 Å². The maximum absolute atomic E-state index is 12.5. The normalized spacial score (nSPS) is 13.4. The van der Waals surface area contributed by atoms with E-state index in [1.54, 1.807) is 0 Å². The highest BCUT2D eigenvalue weighted by atomic mass is 19.4. The van der Waals surface area contributed by atoms with Crippen molar-refractivity contribution in [1.29, 1.82) is 0 Å². The zero-order valence-electron chi connectivity index (χ0n) is 15.2. The lowest BCUT2D eigenvalue weighted by Crippen LogP contribution is -2.40. The maximum Gasteiger partial charge on any atom is 0.416 e. The quantitative estimate of drug-likeness (QED) is 0.438. The average Bonchev–Trinajstić information content (AvgIpc) is 2.92. The summed E-state index contributed by atoms with van der Waals surface area (Å²) in [6.07, 6.45) is -4.20. The average molecular weight is 421 g/mol. The van der Waals surface area contributed by atoms with Crippen LogP contribution < -0.4 is 5.32 Å². The fourth-order valence-electron chi connectivity index (χ4n) is 3.02. The van der Waals surface area contributed by atoms with Crippen molar-refractivity contribution < 1.29 is 32.5 Å². The highest BCUT2D eigenvalue weighted by Gasteiger charge is 2.41. The van der Waals surface area contributed by atoms with Crippen molar-refractivity contribution in [2.75, 3.05) is 13.1 Å². The van der Waals surface area contributed by atoms with Gasteiger partial charge in [-0.15, -0.1) is 0 Å². The molecule has 1 N–H and O–H groups in total. The number of fused-ring (bicyclic) bond motifs is 1. The number of alkyl halides is 3. The summed E-state index contributed by atoms with van der Waals surface area (Å²) in [5, 5.41) is 13.5. The third-order valence-electron chi connectivity index (χ3n) is 4.49. The SMILES string of the molecule is O=C(CN1C(=O)c2cccc([N+](=O)[O-])c2C1=O)NCCc1ccc(C(F)(F)F)cc1. The van der Waals surface area contributed by atoms with Gasteiger partial charge in [-0.1, -0.05) is 18.2 Å². The number of hydrogen-bond donors (Lipinski definition) is 1. The van der Waals surface area contributed by atoms with E-state index in [1.165, 1.54) is 24.3 Å². The number of nitrogens with one attached hydrogen (secondary N) is 1. The third-order valence-corrected chi connectivity index (χ3v) is 4.49. The Morgan fingerprint density at radius 3 is 2.33 bits per heavy atom. The van der Waals surface area contributed by atoms with Crippen molar-refractivity contribution in [3.8, 4) is 0 Å². The summed E-state index contributed by atoms with van der Waals surface area (Å²) in [7, 11) is 0. The zero-order valence-corrected chi connectivity index (χ0v) is 15.2. The Kier molecular flexibility index (Phi) is 5.54. The van der Waals surface area contributed by atoms with Crippen molar-refractivity contribution in [2.45, 2.75) is 12.6 Å². The van der Waals surface area contributed by atoms with Gasteiger partial charge in [0, 0.05) is 12.6 Å². The van der Waals surface area contributed by atoms with E-state index in [-0.39, 0.29) is 24.1 Å². The number of nitro benzene ring substituents is 1. The van der Waals surface area contributed by atoms with Crippen LogP contribution in [0.1, 0.15) is 31.8 Å². The van der Waals surface area contributed by atoms with Gasteiger partial charge in [0.2, 0.25) is 5.91 Å². The van der Waals surface area contributed by atoms with E-state index in [9.17, 15) is 37.7 Å². The minimum absolute atomic E-state index is 0.0630. The number of hydrogen-bond acceptors (Lipinski definition) is 5. The van der Waals surface area contributed by atoms with Crippen LogP contribution in [0, 0.1) is 10.1 Å². The fraction of sp³-hybridized carbons (Fsp3) is 0.211. The van der Waals surface area contributed by atoms with Gasteiger partial charge in [0.05, 0.1) is 16.1 Å². The molecule has 1 heterocycles. The highest BCUT2D eigenvalue weighted by Crippen LogP contribution is 2.31. The first-order valence-electron chi connectivity index (χ1n) is 8.66. The van der Waals surface area contributed by atoms with Gasteiger partial charge >= 0.3 is 6.18 Å². The molecule has 2 aromatic carbocycles. The third kappa shape index (κ3) is 4.14. The molecule has 3 rings (SSSR count). The standard InChI is InChI=1S/C19H14F3N3O5/c20-19(21,22)12-6-4-11(5-7-12)8-9-23-15(26)10-24-17(27)13-2-1-3-14(25(29)30)16(13)18(24)28/h1-7H,8-10H2,(H,23,26). The molecule has 2 aromatic rings. The summed E-state index contributed by atoms with van der Waals surface area (Å²) >= 11 is 0. The first-order chi connectivity index (χ1) is 14.1. The lowest BCUT2D eigenvalue weighted by atomic mass is 10.1. The second kappa shape index (κ2) is 7.93. The molecule has 0 unspecified atom stereocenters. The van der Waals surface area contributed by atoms with Crippen LogP contribution in [-0.4, -0.2) is 40.6 Å². The van der Waals surface area contributed by atoms with Crippen LogP contribution in [-0.2, 0) is 17.4 Å². The van der Waals surface area contributed by atoms with E-state index in [2.05, 4.69) is 5.32 Å². The van der Waals surface area contributed by atoms with E-state index < -0.39 is 46.6 Å². The topological polar surface area (TPSA) is 110 Å². The molecular formula is C19H14F3N3O5. The molecule has 11 heteroatoms. The molecule has 0 aromatic heterocycles. The lowest BCUT2D eigenvalue weighted by molar-refractivity contribution is -0.385. The maximum atomic E-state index is 12.5. The van der Waals surface area contributed by atoms with Crippen molar-refractivity contribution in [2.24, 2.45) is 0 Å². The molecule has 1 aliphatic rings. The minimum Gasteiger partial charge on any atom is -0.354 e. The number of rotatable bonds is 6. The predicted octanol–water partition coefficient (Wildman–Crippen LogP) is 2.57. The van der Waals surface area contributed by atoms with Crippen molar-refractivity contribution in [3.05, 3.63) is 74.8 Å². The van der Waals surface area contributed by atoms with Gasteiger partial charge in [-0.05, 0) is 30.2 Å². The van der Waals surface area contributed by atoms with Gasteiger partial charge in [0.15, 0.2) is 0 Å². The number of halogens is 3. The van der Waals surface area contributed by atoms with E-state index in [4.69, 9.17) is 0 Å². The number of nitro groups is 1. The summed E-state index contributed by atoms with van der Waals surface area (Å²) in [6.45, 7) is -0.565. The second-order valence-electron chi connectivity index (χ2n) is 6.45. The van der Waals surface area contributed by atoms with Gasteiger partial charge in [-0.25, -0.2) is 0 Å². The number of carbonyl (C=O) groups excluding carboxylic acids is 3. The van der Waals surface area contributed by atoms with Crippen molar-refractivity contribution in [1.82, 2.24) is 10.2 Å². The first kappa shape index (κ1) is 21.0. The molecule has 30 heavy (non-hydrogen) atoms. The first-order valence-corrected chi connectivity index (χ1v) is 8.66. The van der Waals surface area contributed by atoms with Gasteiger partial charge in [0.1, 0.15) is 12.1 Å². The van der Waals surface area contributed by atoms with Crippen LogP contribution in [0.25, 0.3) is 0 Å². The van der Waals surface area contributed by atoms with Crippen molar-refractivity contribution >= 4 is 23.4 Å². The molecule has 0 radical (unpaired) electrons. The molecule has 8 nitrogen and oxygen atoms in total. The van der Waals surface area contributed by atoms with Crippen molar-refractivity contribution in [3.63, 3.8) is 0 Å². The summed E-state index contributed by atoms with van der Waals surface area (Å²) in [6, 6.07) is 8.08. The largest absolute Gasteiger partial charge is 0.416 e. The Bertz CT molecular complexity index is 1030. The van der Waals surface area contributed by atoms with E-state index in [0.717, 1.165) is 18.2 Å². The highest BCUT2D eigenvalue weighted by molar-refractivity contribution is 6.24. The molecule has 3 amide bonds. The number of benzene rings is 2. The lowest BCUT2D eigenvalue weighted by Gasteiger charge is -2.13. The van der Waals surface area contributed by atoms with Gasteiger partial charge in [0.25, 0.3) is 17.5 Å². The summed E-state index contributed by atoms with van der Waals surface area (Å²) in [5.41, 5.74) is -1.25. The Morgan fingerprint density at radius 2 is 1.73 bits per heavy atom. The smallest absolute Gasteiger partial charge is 0.354 e. The molecule has 0 fully saturated rings. The number of amides is 3. The van der Waals surface area contributed by atoms with Gasteiger partial charge < -0.3 is 5.32 Å². The summed E-state index contributed by atoms with van der Waals surface area (Å²) < 4.78 is 37.6. The van der Waals surface area contributed by atoms with Crippen LogP contribution in [0.4, 0.5) is 18.9 Å². The van der Waals surface area contributed by atoms with Gasteiger partial charge in [-0.3, -0.25) is 29.4 Å². The number of imide groups is 1. The van der Waals surface area contributed by atoms with Crippen LogP contribution >= 0.6 is 0 Å². The van der Waals surface area contributed by atoms with Crippen LogP contribution in [0.2, 0.25) is 0 Å². The Labute approximate surface area is 167 Å². The Morgan fingerprint density at radius 1 is 1.07 bits per heavy atom. The van der Waals surface area contributed by atoms with Crippen LogP contribution in [0.3, 0.4) is 0 Å². The fourth-order valence-corrected chi connectivity index (χ4v) is 3.02. The molecule has 0 atom stereocenters. The number of nitrogens with zero attached hydrogens (tertiary/aromatic N) is 2. The molecule has 0 aliphatic carbocycles. The summed E-state index contributed by atoms with van der Waals surface area (Å²) in [4.78, 5) is 47.7. The van der Waals surface area contributed by atoms with E-state index in [1.807, 2.05) is 0 Å². The molecule has 0 saturated carbocycles. The number of carbonyl (C=O) groups is 3. The Balaban J connectivity index is 1.58. The monoisotopic (exact) mass is 421 g/mol. The molecule has 1 aliphatic heterocycles. The van der Waals surface area contributed by atoms with Crippen LogP contribution in [0.15, 0.2) is 42.5 Å². The predicted molar refractivity (Wildman–Crippen MR) is 96.6 cm³/mol. The molecule has 0 saturated heterocycles. The second-order valence-corrected chi connectivity index (χ2v) is 6.45. The van der Waals surface area contributed by atoms with E-state index >= 15 is 0 Å². The Hall–Kier alpha value is -3.76. The zero-order chi connectivity index (χ0) is 22.1. The molecular weight excluding hydrogens is 407 g/mol.